The van der Waals surface area contributed by atoms with Crippen LogP contribution in [-0.4, -0.2) is 6.54 Å². The van der Waals surface area contributed by atoms with Gasteiger partial charge >= 0.3 is 0 Å². The van der Waals surface area contributed by atoms with Crippen molar-refractivity contribution in [3.8, 4) is 0 Å². The van der Waals surface area contributed by atoms with Gasteiger partial charge in [0.2, 0.25) is 0 Å². The van der Waals surface area contributed by atoms with Gasteiger partial charge in [-0.2, -0.15) is 0 Å². The zero-order valence-electron chi connectivity index (χ0n) is 11.8. The summed E-state index contributed by atoms with van der Waals surface area (Å²) in [5, 5.41) is 0. The summed E-state index contributed by atoms with van der Waals surface area (Å²) in [6, 6.07) is 9.31. The van der Waals surface area contributed by atoms with Crippen molar-refractivity contribution in [1.82, 2.24) is 0 Å². The molecule has 0 atom stereocenters. The molecule has 1 saturated carbocycles. The van der Waals surface area contributed by atoms with Gasteiger partial charge in [-0.1, -0.05) is 56.9 Å². The Kier molecular flexibility index (Phi) is 4.82. The fourth-order valence-electron chi connectivity index (χ4n) is 3.25. The highest BCUT2D eigenvalue weighted by molar-refractivity contribution is 5.30. The van der Waals surface area contributed by atoms with E-state index in [1.807, 2.05) is 0 Å². The predicted molar refractivity (Wildman–Crippen MR) is 78.9 cm³/mol. The van der Waals surface area contributed by atoms with Gasteiger partial charge in [0.15, 0.2) is 0 Å². The molecule has 0 spiro atoms. The Labute approximate surface area is 112 Å². The zero-order chi connectivity index (χ0) is 12.8. The number of aryl methyl sites for hydroxylation is 1. The molecule has 0 heterocycles. The fraction of sp³-hybridized carbons (Fsp3) is 0.647. The first kappa shape index (κ1) is 13.6. The highest BCUT2D eigenvalue weighted by Crippen LogP contribution is 2.38. The van der Waals surface area contributed by atoms with Gasteiger partial charge in [-0.3, -0.25) is 0 Å². The summed E-state index contributed by atoms with van der Waals surface area (Å²) in [5.41, 5.74) is 9.32. The molecule has 1 aromatic rings. The Morgan fingerprint density at radius 1 is 1.06 bits per heavy atom. The van der Waals surface area contributed by atoms with Gasteiger partial charge in [-0.25, -0.2) is 0 Å². The number of hydrogen-bond acceptors (Lipinski definition) is 1. The minimum absolute atomic E-state index is 0.279. The second kappa shape index (κ2) is 6.38. The molecule has 1 aromatic carbocycles. The quantitative estimate of drug-likeness (QED) is 0.827. The van der Waals surface area contributed by atoms with Crippen LogP contribution in [0.3, 0.4) is 0 Å². The van der Waals surface area contributed by atoms with E-state index >= 15 is 0 Å². The van der Waals surface area contributed by atoms with Crippen LogP contribution in [0.1, 0.15) is 63.0 Å². The Morgan fingerprint density at radius 3 is 2.28 bits per heavy atom. The van der Waals surface area contributed by atoms with Crippen molar-refractivity contribution in [1.29, 1.82) is 0 Å². The van der Waals surface area contributed by atoms with Crippen molar-refractivity contribution in [2.24, 2.45) is 5.73 Å². The highest BCUT2D eigenvalue weighted by atomic mass is 14.6. The van der Waals surface area contributed by atoms with Gasteiger partial charge in [0, 0.05) is 12.0 Å². The lowest BCUT2D eigenvalue weighted by Crippen LogP contribution is -2.37. The molecule has 1 aliphatic rings. The number of benzene rings is 1. The summed E-state index contributed by atoms with van der Waals surface area (Å²) in [6.07, 6.45) is 10.4. The number of nitrogens with two attached hydrogens (primary N) is 1. The molecule has 1 fully saturated rings. The molecule has 18 heavy (non-hydrogen) atoms. The maximum absolute atomic E-state index is 6.09. The van der Waals surface area contributed by atoms with E-state index in [1.165, 1.54) is 62.5 Å². The van der Waals surface area contributed by atoms with Crippen molar-refractivity contribution in [2.75, 3.05) is 6.54 Å². The monoisotopic (exact) mass is 245 g/mol. The van der Waals surface area contributed by atoms with Crippen LogP contribution in [0.15, 0.2) is 24.3 Å². The maximum Gasteiger partial charge on any atom is 0.00755 e. The van der Waals surface area contributed by atoms with E-state index in [0.717, 1.165) is 6.54 Å². The van der Waals surface area contributed by atoms with Gasteiger partial charge in [-0.15, -0.1) is 0 Å². The molecule has 1 nitrogen and oxygen atoms in total. The molecule has 0 bridgehead atoms. The second-order valence-corrected chi connectivity index (χ2v) is 5.85. The molecule has 1 aliphatic carbocycles. The van der Waals surface area contributed by atoms with E-state index in [0.29, 0.717) is 0 Å². The summed E-state index contributed by atoms with van der Waals surface area (Å²) < 4.78 is 0. The van der Waals surface area contributed by atoms with Crippen molar-refractivity contribution >= 4 is 0 Å². The first-order chi connectivity index (χ1) is 8.80. The number of rotatable bonds is 5. The average molecular weight is 245 g/mol. The topological polar surface area (TPSA) is 26.0 Å². The lowest BCUT2D eigenvalue weighted by Gasteiger charge is -2.37. The van der Waals surface area contributed by atoms with E-state index in [9.17, 15) is 0 Å². The van der Waals surface area contributed by atoms with Crippen LogP contribution < -0.4 is 5.73 Å². The largest absolute Gasteiger partial charge is 0.330 e. The Hall–Kier alpha value is -0.820. The molecule has 0 saturated heterocycles. The number of hydrogen-bond donors (Lipinski definition) is 1. The summed E-state index contributed by atoms with van der Waals surface area (Å²) in [6.45, 7) is 3.06. The van der Waals surface area contributed by atoms with E-state index < -0.39 is 0 Å². The second-order valence-electron chi connectivity index (χ2n) is 5.85. The van der Waals surface area contributed by atoms with Gasteiger partial charge in [0.1, 0.15) is 0 Å². The average Bonchev–Trinajstić information content (AvgIpc) is 2.46. The maximum atomic E-state index is 6.09. The lowest BCUT2D eigenvalue weighted by atomic mass is 9.69. The van der Waals surface area contributed by atoms with Crippen LogP contribution in [0.5, 0.6) is 0 Å². The number of unbranched alkanes of at least 4 members (excludes halogenated alkanes) is 1. The summed E-state index contributed by atoms with van der Waals surface area (Å²) in [4.78, 5) is 0. The minimum atomic E-state index is 0.279. The van der Waals surface area contributed by atoms with Crippen LogP contribution in [-0.2, 0) is 11.8 Å². The molecule has 1 heteroatoms. The molecular weight excluding hydrogens is 218 g/mol. The van der Waals surface area contributed by atoms with E-state index in [4.69, 9.17) is 5.73 Å². The van der Waals surface area contributed by atoms with Crippen LogP contribution >= 0.6 is 0 Å². The van der Waals surface area contributed by atoms with Crippen molar-refractivity contribution in [3.05, 3.63) is 35.4 Å². The Bertz CT molecular complexity index is 346. The van der Waals surface area contributed by atoms with Crippen LogP contribution in [0.25, 0.3) is 0 Å². The molecule has 0 amide bonds. The van der Waals surface area contributed by atoms with Crippen LogP contribution in [0.2, 0.25) is 0 Å². The third-order valence-electron chi connectivity index (χ3n) is 4.59. The molecule has 0 aliphatic heterocycles. The van der Waals surface area contributed by atoms with E-state index in [2.05, 4.69) is 31.2 Å². The third kappa shape index (κ3) is 2.95. The van der Waals surface area contributed by atoms with Crippen molar-refractivity contribution in [3.63, 3.8) is 0 Å². The summed E-state index contributed by atoms with van der Waals surface area (Å²) in [5.74, 6) is 0. The van der Waals surface area contributed by atoms with Crippen LogP contribution in [0, 0.1) is 0 Å². The lowest BCUT2D eigenvalue weighted by molar-refractivity contribution is 0.301. The van der Waals surface area contributed by atoms with Gasteiger partial charge in [-0.05, 0) is 36.8 Å². The molecular formula is C17H27N. The fourth-order valence-corrected chi connectivity index (χ4v) is 3.25. The molecule has 0 aromatic heterocycles. The Morgan fingerprint density at radius 2 is 1.72 bits per heavy atom. The van der Waals surface area contributed by atoms with Crippen LogP contribution in [0.4, 0.5) is 0 Å². The van der Waals surface area contributed by atoms with E-state index in [1.54, 1.807) is 0 Å². The third-order valence-corrected chi connectivity index (χ3v) is 4.59. The summed E-state index contributed by atoms with van der Waals surface area (Å²) >= 11 is 0. The smallest absolute Gasteiger partial charge is 0.00755 e. The van der Waals surface area contributed by atoms with E-state index in [-0.39, 0.29) is 5.41 Å². The highest BCUT2D eigenvalue weighted by Gasteiger charge is 2.32. The molecule has 100 valence electrons. The standard InChI is InChI=1S/C17H27N/c1-2-3-7-15-8-10-16(11-9-15)17(14-18)12-5-4-6-13-17/h8-11H,2-7,12-14,18H2,1H3. The first-order valence-electron chi connectivity index (χ1n) is 7.60. The summed E-state index contributed by atoms with van der Waals surface area (Å²) in [7, 11) is 0. The SMILES string of the molecule is CCCCc1ccc(C2(CN)CCCCC2)cc1. The molecule has 2 rings (SSSR count). The van der Waals surface area contributed by atoms with Crippen molar-refractivity contribution < 1.29 is 0 Å². The Balaban J connectivity index is 2.11. The van der Waals surface area contributed by atoms with Gasteiger partial charge in [0.25, 0.3) is 0 Å². The first-order valence-corrected chi connectivity index (χ1v) is 7.60. The van der Waals surface area contributed by atoms with Crippen molar-refractivity contribution in [2.45, 2.75) is 63.7 Å². The molecule has 0 radical (unpaired) electrons. The van der Waals surface area contributed by atoms with Gasteiger partial charge in [0.05, 0.1) is 0 Å². The molecule has 0 unspecified atom stereocenters. The molecule has 2 N–H and O–H groups in total. The van der Waals surface area contributed by atoms with Gasteiger partial charge < -0.3 is 5.73 Å². The predicted octanol–water partition coefficient (Wildman–Crippen LogP) is 4.19. The zero-order valence-corrected chi connectivity index (χ0v) is 11.8. The minimum Gasteiger partial charge on any atom is -0.330 e. The normalized spacial score (nSPS) is 18.8.